The summed E-state index contributed by atoms with van der Waals surface area (Å²) < 4.78 is 4.80. The molecule has 0 aliphatic rings. The minimum absolute atomic E-state index is 0. The normalized spacial score (nSPS) is 9.57. The molecule has 1 aromatic heterocycles. The fourth-order valence-corrected chi connectivity index (χ4v) is 2.40. The molecule has 1 heterocycles. The van der Waals surface area contributed by atoms with E-state index in [-0.39, 0.29) is 12.4 Å². The van der Waals surface area contributed by atoms with Gasteiger partial charge in [-0.15, -0.1) is 0 Å². The van der Waals surface area contributed by atoms with Crippen molar-refractivity contribution in [3.05, 3.63) is 42.5 Å². The van der Waals surface area contributed by atoms with Gasteiger partial charge in [-0.25, -0.2) is 9.78 Å². The van der Waals surface area contributed by atoms with Gasteiger partial charge in [0.15, 0.2) is 5.03 Å². The van der Waals surface area contributed by atoms with Crippen LogP contribution in [0.3, 0.4) is 0 Å². The van der Waals surface area contributed by atoms with Crippen LogP contribution < -0.4 is 28.4 Å². The minimum atomic E-state index is -0.518. The van der Waals surface area contributed by atoms with E-state index in [1.54, 1.807) is 24.8 Å². The number of H-pyrrole nitrogens is 1. The third kappa shape index (κ3) is 5.17. The van der Waals surface area contributed by atoms with Crippen LogP contribution in [0.1, 0.15) is 6.92 Å². The number of halogens is 1. The lowest BCUT2D eigenvalue weighted by atomic mass is 10.4. The number of carbonyl (C=O) groups excluding carboxylic acids is 1. The van der Waals surface area contributed by atoms with Crippen molar-refractivity contribution in [3.63, 3.8) is 0 Å². The van der Waals surface area contributed by atoms with E-state index in [0.29, 0.717) is 18.1 Å². The van der Waals surface area contributed by atoms with E-state index in [2.05, 4.69) is 10.3 Å². The highest BCUT2D eigenvalue weighted by Gasteiger charge is 2.12. The molecule has 21 heavy (non-hydrogen) atoms. The number of anilines is 2. The van der Waals surface area contributed by atoms with Crippen LogP contribution in [0.15, 0.2) is 52.4 Å². The predicted octanol–water partition coefficient (Wildman–Crippen LogP) is -0.194. The summed E-state index contributed by atoms with van der Waals surface area (Å²) in [7, 11) is 0. The first kappa shape index (κ1) is 17.1. The van der Waals surface area contributed by atoms with E-state index < -0.39 is 6.09 Å². The standard InChI is InChI=1S/C14H15N3O2S.ClH/c1-2-19-14(18)16-11-8-9-12(17-13(11)15)20-10-6-4-3-5-7-10;/h3-9H,2H2,1H3,(H2,15,17)(H,16,18);1H. The van der Waals surface area contributed by atoms with Crippen molar-refractivity contribution in [1.29, 1.82) is 0 Å². The molecule has 1 aromatic carbocycles. The third-order valence-corrected chi connectivity index (χ3v) is 3.40. The average Bonchev–Trinajstić information content (AvgIpc) is 2.43. The average molecular weight is 326 g/mol. The van der Waals surface area contributed by atoms with Crippen LogP contribution in [-0.2, 0) is 4.74 Å². The molecule has 0 aliphatic carbocycles. The Hall–Kier alpha value is -1.92. The number of nitrogen functional groups attached to an aromatic ring is 1. The monoisotopic (exact) mass is 325 g/mol. The summed E-state index contributed by atoms with van der Waals surface area (Å²) in [6, 6.07) is 13.5. The fraction of sp³-hybridized carbons (Fsp3) is 0.143. The van der Waals surface area contributed by atoms with Crippen LogP contribution in [0.25, 0.3) is 0 Å². The molecular weight excluding hydrogens is 310 g/mol. The Kier molecular flexibility index (Phi) is 6.84. The Bertz CT molecular complexity index is 596. The number of carbonyl (C=O) groups is 1. The highest BCUT2D eigenvalue weighted by atomic mass is 35.5. The number of aromatic nitrogens is 1. The van der Waals surface area contributed by atoms with E-state index in [4.69, 9.17) is 10.5 Å². The second kappa shape index (κ2) is 8.39. The summed E-state index contributed by atoms with van der Waals surface area (Å²) in [5, 5.41) is 3.47. The maximum absolute atomic E-state index is 11.3. The number of rotatable bonds is 4. The maximum Gasteiger partial charge on any atom is 0.411 e. The Morgan fingerprint density at radius 2 is 2.00 bits per heavy atom. The molecule has 4 N–H and O–H groups in total. The number of ether oxygens (including phenoxy) is 1. The van der Waals surface area contributed by atoms with Crippen LogP contribution in [0.4, 0.5) is 16.3 Å². The molecule has 0 spiro atoms. The van der Waals surface area contributed by atoms with Crippen molar-refractivity contribution in [1.82, 2.24) is 0 Å². The van der Waals surface area contributed by atoms with Gasteiger partial charge in [-0.2, -0.15) is 0 Å². The summed E-state index contributed by atoms with van der Waals surface area (Å²) in [6.45, 7) is 2.06. The van der Waals surface area contributed by atoms with Gasteiger partial charge in [0.1, 0.15) is 5.69 Å². The highest BCUT2D eigenvalue weighted by Crippen LogP contribution is 2.25. The Morgan fingerprint density at radius 3 is 2.62 bits per heavy atom. The van der Waals surface area contributed by atoms with Crippen LogP contribution in [0.5, 0.6) is 0 Å². The number of nitrogens with one attached hydrogen (secondary N) is 2. The zero-order valence-corrected chi connectivity index (χ0v) is 13.0. The SMILES string of the molecule is CCOC(=O)Nc1ccc(Sc2ccccc2)[nH+]c1N.[Cl-]. The van der Waals surface area contributed by atoms with Gasteiger partial charge in [0, 0.05) is 4.90 Å². The van der Waals surface area contributed by atoms with Crippen molar-refractivity contribution < 1.29 is 26.9 Å². The quantitative estimate of drug-likeness (QED) is 0.816. The Labute approximate surface area is 133 Å². The summed E-state index contributed by atoms with van der Waals surface area (Å²) in [4.78, 5) is 15.5. The molecule has 0 bridgehead atoms. The number of hydrogen-bond donors (Lipinski definition) is 2. The van der Waals surface area contributed by atoms with Crippen molar-refractivity contribution in [2.45, 2.75) is 16.8 Å². The largest absolute Gasteiger partial charge is 1.00 e. The highest BCUT2D eigenvalue weighted by molar-refractivity contribution is 7.99. The van der Waals surface area contributed by atoms with Crippen LogP contribution in [0, 0.1) is 0 Å². The Morgan fingerprint density at radius 1 is 1.29 bits per heavy atom. The smallest absolute Gasteiger partial charge is 0.411 e. The number of hydrogen-bond acceptors (Lipinski definition) is 4. The van der Waals surface area contributed by atoms with Crippen LogP contribution in [-0.4, -0.2) is 12.7 Å². The summed E-state index contributed by atoms with van der Waals surface area (Å²) in [5.74, 6) is 0.388. The number of nitrogens with two attached hydrogens (primary N) is 1. The molecule has 0 saturated carbocycles. The van der Waals surface area contributed by atoms with Crippen molar-refractivity contribution in [3.8, 4) is 0 Å². The molecule has 0 radical (unpaired) electrons. The zero-order valence-electron chi connectivity index (χ0n) is 11.4. The maximum atomic E-state index is 11.3. The predicted molar refractivity (Wildman–Crippen MR) is 78.6 cm³/mol. The molecule has 1 amide bonds. The summed E-state index contributed by atoms with van der Waals surface area (Å²) in [5.41, 5.74) is 6.38. The molecule has 0 fully saturated rings. The zero-order chi connectivity index (χ0) is 14.4. The van der Waals surface area contributed by atoms with Gasteiger partial charge in [-0.05, 0) is 43.0 Å². The Balaban J connectivity index is 0.00000220. The number of pyridine rings is 1. The number of benzene rings is 1. The first-order valence-electron chi connectivity index (χ1n) is 6.17. The lowest BCUT2D eigenvalue weighted by molar-refractivity contribution is -0.409. The first-order chi connectivity index (χ1) is 9.69. The molecule has 0 atom stereocenters. The van der Waals surface area contributed by atoms with Gasteiger partial charge in [0.05, 0.1) is 6.61 Å². The molecule has 2 rings (SSSR count). The second-order valence-electron chi connectivity index (χ2n) is 3.91. The molecule has 112 valence electrons. The topological polar surface area (TPSA) is 78.5 Å². The molecular formula is C14H16ClN3O2S. The van der Waals surface area contributed by atoms with Crippen molar-refractivity contribution in [2.24, 2.45) is 0 Å². The first-order valence-corrected chi connectivity index (χ1v) is 6.99. The van der Waals surface area contributed by atoms with Gasteiger partial charge >= 0.3 is 6.09 Å². The van der Waals surface area contributed by atoms with Crippen molar-refractivity contribution in [2.75, 3.05) is 17.7 Å². The molecule has 0 unspecified atom stereocenters. The van der Waals surface area contributed by atoms with Gasteiger partial charge in [-0.1, -0.05) is 18.2 Å². The number of aromatic amines is 1. The second-order valence-corrected chi connectivity index (χ2v) is 5.03. The van der Waals surface area contributed by atoms with E-state index in [9.17, 15) is 4.79 Å². The summed E-state index contributed by atoms with van der Waals surface area (Å²) in [6.07, 6.45) is -0.518. The lowest BCUT2D eigenvalue weighted by Crippen LogP contribution is -3.00. The molecule has 0 aliphatic heterocycles. The van der Waals surface area contributed by atoms with Gasteiger partial charge in [0.2, 0.25) is 0 Å². The van der Waals surface area contributed by atoms with Crippen LogP contribution in [0.2, 0.25) is 0 Å². The molecule has 0 saturated heterocycles. The number of amides is 1. The van der Waals surface area contributed by atoms with E-state index in [0.717, 1.165) is 9.92 Å². The van der Waals surface area contributed by atoms with Gasteiger partial charge in [0.25, 0.3) is 5.82 Å². The molecule has 2 aromatic rings. The molecule has 5 nitrogen and oxygen atoms in total. The van der Waals surface area contributed by atoms with E-state index >= 15 is 0 Å². The lowest BCUT2D eigenvalue weighted by Gasteiger charge is -2.05. The fourth-order valence-electron chi connectivity index (χ4n) is 1.55. The minimum Gasteiger partial charge on any atom is -1.00 e. The van der Waals surface area contributed by atoms with E-state index in [1.807, 2.05) is 36.4 Å². The molecule has 7 heteroatoms. The van der Waals surface area contributed by atoms with Crippen LogP contribution >= 0.6 is 11.8 Å². The van der Waals surface area contributed by atoms with Crippen molar-refractivity contribution >= 4 is 29.4 Å². The van der Waals surface area contributed by atoms with E-state index in [1.165, 1.54) is 0 Å². The van der Waals surface area contributed by atoms with Gasteiger partial charge in [-0.3, -0.25) is 11.1 Å². The summed E-state index contributed by atoms with van der Waals surface area (Å²) >= 11 is 1.56. The van der Waals surface area contributed by atoms with Gasteiger partial charge < -0.3 is 17.1 Å². The third-order valence-electron chi connectivity index (χ3n) is 2.43.